The summed E-state index contributed by atoms with van der Waals surface area (Å²) in [4.78, 5) is 23.6. The van der Waals surface area contributed by atoms with E-state index in [0.717, 1.165) is 10.9 Å². The number of para-hydroxylation sites is 1. The second-order valence-corrected chi connectivity index (χ2v) is 6.73. The fourth-order valence-electron chi connectivity index (χ4n) is 3.60. The third-order valence-corrected chi connectivity index (χ3v) is 4.88. The molecule has 1 aliphatic rings. The predicted octanol–water partition coefficient (Wildman–Crippen LogP) is 3.42. The van der Waals surface area contributed by atoms with Gasteiger partial charge in [0.25, 0.3) is 0 Å². The fourth-order valence-corrected chi connectivity index (χ4v) is 3.60. The van der Waals surface area contributed by atoms with E-state index >= 15 is 0 Å². The van der Waals surface area contributed by atoms with Crippen molar-refractivity contribution in [2.75, 3.05) is 0 Å². The van der Waals surface area contributed by atoms with Crippen molar-refractivity contribution in [2.24, 2.45) is 5.92 Å². The normalized spacial score (nSPS) is 16.0. The van der Waals surface area contributed by atoms with Crippen LogP contribution in [0.3, 0.4) is 0 Å². The largest absolute Gasteiger partial charge is 0.504 e. The molecule has 0 amide bonds. The molecule has 25 heavy (non-hydrogen) atoms. The van der Waals surface area contributed by atoms with Gasteiger partial charge in [0, 0.05) is 29.3 Å². The smallest absolute Gasteiger partial charge is 0.341 e. The van der Waals surface area contributed by atoms with E-state index in [1.54, 1.807) is 12.1 Å². The highest BCUT2D eigenvalue weighted by molar-refractivity contribution is 5.92. The molecule has 0 spiro atoms. The number of rotatable bonds is 2. The first kappa shape index (κ1) is 15.5. The Morgan fingerprint density at radius 2 is 2.12 bits per heavy atom. The number of carboxylic acid groups (broad SMARTS) is 1. The van der Waals surface area contributed by atoms with Crippen LogP contribution in [0.4, 0.5) is 0 Å². The van der Waals surface area contributed by atoms with Crippen LogP contribution in [0.25, 0.3) is 22.4 Å². The van der Waals surface area contributed by atoms with Crippen LogP contribution < -0.4 is 5.43 Å². The van der Waals surface area contributed by atoms with Gasteiger partial charge in [-0.3, -0.25) is 4.79 Å². The Hall–Kier alpha value is -3.02. The Kier molecular flexibility index (Phi) is 3.25. The molecular formula is C19H17NO5. The van der Waals surface area contributed by atoms with E-state index < -0.39 is 11.4 Å². The SMILES string of the molecule is CC(C)[C@@H]1Cc2c(oc3c(O)cccc23)-c2cc(=O)c(C(=O)O)cn21. The van der Waals surface area contributed by atoms with Gasteiger partial charge in [-0.1, -0.05) is 26.0 Å². The van der Waals surface area contributed by atoms with Crippen molar-refractivity contribution in [1.82, 2.24) is 4.57 Å². The molecule has 0 saturated carbocycles. The molecule has 0 aliphatic carbocycles. The van der Waals surface area contributed by atoms with Crippen molar-refractivity contribution in [3.05, 3.63) is 51.8 Å². The second-order valence-electron chi connectivity index (χ2n) is 6.73. The Morgan fingerprint density at radius 3 is 2.80 bits per heavy atom. The van der Waals surface area contributed by atoms with E-state index in [1.165, 1.54) is 12.3 Å². The van der Waals surface area contributed by atoms with Gasteiger partial charge in [0.05, 0.1) is 5.69 Å². The number of fused-ring (bicyclic) bond motifs is 5. The number of benzene rings is 1. The number of phenolic OH excluding ortho intramolecular Hbond substituents is 1. The van der Waals surface area contributed by atoms with Crippen LogP contribution in [-0.4, -0.2) is 20.7 Å². The number of furan rings is 1. The number of hydrogen-bond donors (Lipinski definition) is 2. The summed E-state index contributed by atoms with van der Waals surface area (Å²) in [6, 6.07) is 6.50. The fraction of sp³-hybridized carbons (Fsp3) is 0.263. The highest BCUT2D eigenvalue weighted by Crippen LogP contribution is 2.44. The zero-order valence-corrected chi connectivity index (χ0v) is 13.8. The summed E-state index contributed by atoms with van der Waals surface area (Å²) in [6.45, 7) is 4.11. The van der Waals surface area contributed by atoms with Crippen molar-refractivity contribution >= 4 is 16.9 Å². The maximum Gasteiger partial charge on any atom is 0.341 e. The molecule has 1 aliphatic heterocycles. The molecule has 128 valence electrons. The number of hydrogen-bond acceptors (Lipinski definition) is 4. The van der Waals surface area contributed by atoms with Crippen LogP contribution >= 0.6 is 0 Å². The van der Waals surface area contributed by atoms with E-state index in [0.29, 0.717) is 23.5 Å². The zero-order chi connectivity index (χ0) is 17.9. The number of carboxylic acids is 1. The third kappa shape index (κ3) is 2.17. The molecule has 4 rings (SSSR count). The van der Waals surface area contributed by atoms with Crippen molar-refractivity contribution in [3.8, 4) is 17.2 Å². The Balaban J connectivity index is 2.08. The van der Waals surface area contributed by atoms with Gasteiger partial charge in [-0.05, 0) is 18.4 Å². The monoisotopic (exact) mass is 339 g/mol. The number of aromatic hydroxyl groups is 1. The maximum absolute atomic E-state index is 12.2. The van der Waals surface area contributed by atoms with Crippen molar-refractivity contribution in [2.45, 2.75) is 26.3 Å². The average Bonchev–Trinajstić information content (AvgIpc) is 2.93. The summed E-state index contributed by atoms with van der Waals surface area (Å²) in [5, 5.41) is 20.2. The molecule has 2 N–H and O–H groups in total. The number of phenols is 1. The lowest BCUT2D eigenvalue weighted by Gasteiger charge is -2.31. The molecule has 1 atom stereocenters. The standard InChI is InChI=1S/C19H17NO5/c1-9(2)13-6-11-10-4-3-5-15(21)18(10)25-17(11)14-7-16(22)12(19(23)24)8-20(13)14/h3-5,7-9,13,21H,6H2,1-2H3,(H,23,24)/t13-/m0/s1. The molecule has 0 saturated heterocycles. The van der Waals surface area contributed by atoms with Gasteiger partial charge in [0.1, 0.15) is 5.56 Å². The molecule has 0 fully saturated rings. The lowest BCUT2D eigenvalue weighted by Crippen LogP contribution is -2.27. The van der Waals surface area contributed by atoms with Crippen LogP contribution in [0.2, 0.25) is 0 Å². The minimum Gasteiger partial charge on any atom is -0.504 e. The second kappa shape index (κ2) is 5.24. The third-order valence-electron chi connectivity index (χ3n) is 4.88. The number of aromatic nitrogens is 1. The van der Waals surface area contributed by atoms with Gasteiger partial charge in [0.2, 0.25) is 0 Å². The Bertz CT molecular complexity index is 1070. The van der Waals surface area contributed by atoms with E-state index in [4.69, 9.17) is 4.42 Å². The van der Waals surface area contributed by atoms with Crippen molar-refractivity contribution in [3.63, 3.8) is 0 Å². The highest BCUT2D eigenvalue weighted by atomic mass is 16.4. The number of nitrogens with zero attached hydrogens (tertiary/aromatic N) is 1. The van der Waals surface area contributed by atoms with Crippen LogP contribution in [0.5, 0.6) is 5.75 Å². The molecule has 3 aromatic rings. The molecule has 0 radical (unpaired) electrons. The highest BCUT2D eigenvalue weighted by Gasteiger charge is 2.32. The van der Waals surface area contributed by atoms with Gasteiger partial charge in [-0.2, -0.15) is 0 Å². The lowest BCUT2D eigenvalue weighted by molar-refractivity contribution is 0.0694. The molecule has 3 heterocycles. The lowest BCUT2D eigenvalue weighted by atomic mass is 9.89. The first-order valence-electron chi connectivity index (χ1n) is 8.11. The van der Waals surface area contributed by atoms with Gasteiger partial charge in [-0.25, -0.2) is 4.79 Å². The topological polar surface area (TPSA) is 92.7 Å². The molecule has 1 aromatic carbocycles. The average molecular weight is 339 g/mol. The summed E-state index contributed by atoms with van der Waals surface area (Å²) in [7, 11) is 0. The quantitative estimate of drug-likeness (QED) is 0.746. The minimum atomic E-state index is -1.24. The summed E-state index contributed by atoms with van der Waals surface area (Å²) in [5.74, 6) is -0.458. The summed E-state index contributed by atoms with van der Waals surface area (Å²) in [6.07, 6.45) is 2.04. The number of pyridine rings is 1. The number of aromatic carboxylic acids is 1. The zero-order valence-electron chi connectivity index (χ0n) is 13.8. The Morgan fingerprint density at radius 1 is 1.36 bits per heavy atom. The van der Waals surface area contributed by atoms with Gasteiger partial charge < -0.3 is 19.2 Å². The van der Waals surface area contributed by atoms with Crippen molar-refractivity contribution < 1.29 is 19.4 Å². The van der Waals surface area contributed by atoms with E-state index in [2.05, 4.69) is 13.8 Å². The van der Waals surface area contributed by atoms with Crippen LogP contribution in [0, 0.1) is 5.92 Å². The van der Waals surface area contributed by atoms with Crippen LogP contribution in [0.1, 0.15) is 35.8 Å². The van der Waals surface area contributed by atoms with E-state index in [1.807, 2.05) is 10.6 Å². The predicted molar refractivity (Wildman–Crippen MR) is 92.1 cm³/mol. The van der Waals surface area contributed by atoms with Crippen LogP contribution in [-0.2, 0) is 6.42 Å². The Labute approximate surface area is 142 Å². The van der Waals surface area contributed by atoms with Gasteiger partial charge in [-0.15, -0.1) is 0 Å². The molecule has 0 unspecified atom stereocenters. The van der Waals surface area contributed by atoms with E-state index in [9.17, 15) is 19.8 Å². The summed E-state index contributed by atoms with van der Waals surface area (Å²) in [5.41, 5.74) is 1.06. The van der Waals surface area contributed by atoms with Crippen molar-refractivity contribution in [1.29, 1.82) is 0 Å². The molecule has 0 bridgehead atoms. The van der Waals surface area contributed by atoms with Crippen LogP contribution in [0.15, 0.2) is 39.7 Å². The summed E-state index contributed by atoms with van der Waals surface area (Å²) >= 11 is 0. The molecule has 6 heteroatoms. The number of carbonyl (C=O) groups is 1. The first-order chi connectivity index (χ1) is 11.9. The van der Waals surface area contributed by atoms with E-state index in [-0.39, 0.29) is 23.3 Å². The molecule has 2 aromatic heterocycles. The minimum absolute atomic E-state index is 0.00986. The van der Waals surface area contributed by atoms with Gasteiger partial charge >= 0.3 is 5.97 Å². The summed E-state index contributed by atoms with van der Waals surface area (Å²) < 4.78 is 7.69. The van der Waals surface area contributed by atoms with Gasteiger partial charge in [0.15, 0.2) is 22.5 Å². The maximum atomic E-state index is 12.2. The molecular weight excluding hydrogens is 322 g/mol. The first-order valence-corrected chi connectivity index (χ1v) is 8.11. The molecule has 6 nitrogen and oxygen atoms in total.